The van der Waals surface area contributed by atoms with Crippen molar-refractivity contribution in [3.05, 3.63) is 29.3 Å². The lowest BCUT2D eigenvalue weighted by Crippen LogP contribution is -2.41. The molecule has 1 aliphatic heterocycles. The van der Waals surface area contributed by atoms with E-state index >= 15 is 0 Å². The van der Waals surface area contributed by atoms with Gasteiger partial charge in [-0.15, -0.1) is 0 Å². The molecule has 1 saturated heterocycles. The van der Waals surface area contributed by atoms with Crippen LogP contribution in [0.5, 0.6) is 5.75 Å². The van der Waals surface area contributed by atoms with Gasteiger partial charge in [-0.25, -0.2) is 4.79 Å². The highest BCUT2D eigenvalue weighted by molar-refractivity contribution is 5.97. The number of nitrogens with zero attached hydrogens (tertiary/aromatic N) is 1. The van der Waals surface area contributed by atoms with Crippen molar-refractivity contribution in [3.63, 3.8) is 0 Å². The Morgan fingerprint density at radius 3 is 2.79 bits per heavy atom. The molecule has 1 N–H and O–H groups in total. The number of carbonyl (C=O) groups excluding carboxylic acids is 2. The second kappa shape index (κ2) is 5.30. The minimum absolute atomic E-state index is 0.155. The third kappa shape index (κ3) is 2.54. The SMILES string of the molecule is COC(=O)C1CCCN1C(=O)c1ccc(O)c(C)c1. The fourth-order valence-electron chi connectivity index (χ4n) is 2.35. The lowest BCUT2D eigenvalue weighted by molar-refractivity contribution is -0.145. The highest BCUT2D eigenvalue weighted by atomic mass is 16.5. The molecule has 5 heteroatoms. The molecule has 1 aromatic rings. The second-order valence-electron chi connectivity index (χ2n) is 4.68. The third-order valence-corrected chi connectivity index (χ3v) is 3.43. The second-order valence-corrected chi connectivity index (χ2v) is 4.68. The van der Waals surface area contributed by atoms with E-state index in [1.54, 1.807) is 19.1 Å². The molecule has 5 nitrogen and oxygen atoms in total. The number of aryl methyl sites for hydroxylation is 1. The van der Waals surface area contributed by atoms with Gasteiger partial charge in [0, 0.05) is 12.1 Å². The van der Waals surface area contributed by atoms with E-state index in [-0.39, 0.29) is 17.6 Å². The highest BCUT2D eigenvalue weighted by Gasteiger charge is 2.35. The zero-order chi connectivity index (χ0) is 14.0. The normalized spacial score (nSPS) is 18.4. The summed E-state index contributed by atoms with van der Waals surface area (Å²) < 4.78 is 4.72. The van der Waals surface area contributed by atoms with Crippen molar-refractivity contribution >= 4 is 11.9 Å². The quantitative estimate of drug-likeness (QED) is 0.821. The van der Waals surface area contributed by atoms with Crippen molar-refractivity contribution in [3.8, 4) is 5.75 Å². The van der Waals surface area contributed by atoms with Crippen LogP contribution in [0.25, 0.3) is 0 Å². The summed E-state index contributed by atoms with van der Waals surface area (Å²) >= 11 is 0. The van der Waals surface area contributed by atoms with Gasteiger partial charge in [-0.05, 0) is 43.5 Å². The van der Waals surface area contributed by atoms with Crippen LogP contribution in [0.3, 0.4) is 0 Å². The number of aromatic hydroxyl groups is 1. The van der Waals surface area contributed by atoms with E-state index in [2.05, 4.69) is 0 Å². The molecule has 0 saturated carbocycles. The Morgan fingerprint density at radius 2 is 2.16 bits per heavy atom. The monoisotopic (exact) mass is 263 g/mol. The number of hydrogen-bond acceptors (Lipinski definition) is 4. The molecule has 2 rings (SSSR count). The molecule has 0 aromatic heterocycles. The molecular weight excluding hydrogens is 246 g/mol. The zero-order valence-corrected chi connectivity index (χ0v) is 11.0. The highest BCUT2D eigenvalue weighted by Crippen LogP contribution is 2.23. The Hall–Kier alpha value is -2.04. The van der Waals surface area contributed by atoms with Crippen LogP contribution < -0.4 is 0 Å². The molecule has 0 spiro atoms. The summed E-state index contributed by atoms with van der Waals surface area (Å²) in [5.41, 5.74) is 1.12. The van der Waals surface area contributed by atoms with E-state index in [1.807, 2.05) is 0 Å². The van der Waals surface area contributed by atoms with Gasteiger partial charge < -0.3 is 14.7 Å². The largest absolute Gasteiger partial charge is 0.508 e. The van der Waals surface area contributed by atoms with Gasteiger partial charge in [0.05, 0.1) is 7.11 Å². The molecule has 19 heavy (non-hydrogen) atoms. The lowest BCUT2D eigenvalue weighted by atomic mass is 10.1. The molecule has 1 heterocycles. The molecular formula is C14H17NO4. The fraction of sp³-hybridized carbons (Fsp3) is 0.429. The van der Waals surface area contributed by atoms with Crippen molar-refractivity contribution in [1.29, 1.82) is 0 Å². The van der Waals surface area contributed by atoms with Crippen LogP contribution in [-0.2, 0) is 9.53 Å². The van der Waals surface area contributed by atoms with Crippen molar-refractivity contribution in [2.75, 3.05) is 13.7 Å². The van der Waals surface area contributed by atoms with Gasteiger partial charge in [-0.1, -0.05) is 0 Å². The lowest BCUT2D eigenvalue weighted by Gasteiger charge is -2.22. The number of benzene rings is 1. The van der Waals surface area contributed by atoms with E-state index < -0.39 is 6.04 Å². The number of rotatable bonds is 2. The fourth-order valence-corrected chi connectivity index (χ4v) is 2.35. The number of likely N-dealkylation sites (tertiary alicyclic amines) is 1. The van der Waals surface area contributed by atoms with Crippen molar-refractivity contribution in [2.45, 2.75) is 25.8 Å². The van der Waals surface area contributed by atoms with Gasteiger partial charge in [0.2, 0.25) is 0 Å². The Bertz CT molecular complexity index is 512. The maximum atomic E-state index is 12.4. The van der Waals surface area contributed by atoms with Crippen LogP contribution in [0, 0.1) is 6.92 Å². The van der Waals surface area contributed by atoms with Crippen molar-refractivity contribution < 1.29 is 19.4 Å². The van der Waals surface area contributed by atoms with Crippen LogP contribution in [0.15, 0.2) is 18.2 Å². The molecule has 1 aromatic carbocycles. The summed E-state index contributed by atoms with van der Waals surface area (Å²) in [5, 5.41) is 9.47. The van der Waals surface area contributed by atoms with Gasteiger partial charge in [0.25, 0.3) is 5.91 Å². The van der Waals surface area contributed by atoms with Crippen LogP contribution in [0.1, 0.15) is 28.8 Å². The first-order valence-corrected chi connectivity index (χ1v) is 6.23. The Morgan fingerprint density at radius 1 is 1.42 bits per heavy atom. The van der Waals surface area contributed by atoms with Gasteiger partial charge in [-0.3, -0.25) is 4.79 Å². The minimum atomic E-state index is -0.494. The third-order valence-electron chi connectivity index (χ3n) is 3.43. The zero-order valence-electron chi connectivity index (χ0n) is 11.0. The number of phenolic OH excluding ortho intramolecular Hbond substituents is 1. The first kappa shape index (κ1) is 13.4. The summed E-state index contributed by atoms with van der Waals surface area (Å²) in [6.07, 6.45) is 1.43. The molecule has 1 atom stereocenters. The first-order valence-electron chi connectivity index (χ1n) is 6.23. The first-order chi connectivity index (χ1) is 9.04. The average Bonchev–Trinajstić information content (AvgIpc) is 2.89. The topological polar surface area (TPSA) is 66.8 Å². The average molecular weight is 263 g/mol. The molecule has 1 unspecified atom stereocenters. The molecule has 1 fully saturated rings. The summed E-state index contributed by atoms with van der Waals surface area (Å²) in [5.74, 6) is -0.417. The van der Waals surface area contributed by atoms with E-state index in [9.17, 15) is 14.7 Å². The number of hydrogen-bond donors (Lipinski definition) is 1. The van der Waals surface area contributed by atoms with E-state index in [1.165, 1.54) is 18.1 Å². The Balaban J connectivity index is 2.23. The van der Waals surface area contributed by atoms with Crippen LogP contribution in [-0.4, -0.2) is 41.6 Å². The predicted molar refractivity (Wildman–Crippen MR) is 68.9 cm³/mol. The van der Waals surface area contributed by atoms with Crippen molar-refractivity contribution in [1.82, 2.24) is 4.90 Å². The van der Waals surface area contributed by atoms with Crippen LogP contribution >= 0.6 is 0 Å². The van der Waals surface area contributed by atoms with Crippen LogP contribution in [0.2, 0.25) is 0 Å². The van der Waals surface area contributed by atoms with Crippen molar-refractivity contribution in [2.24, 2.45) is 0 Å². The van der Waals surface area contributed by atoms with E-state index in [4.69, 9.17) is 4.74 Å². The molecule has 102 valence electrons. The number of amides is 1. The standard InChI is InChI=1S/C14H17NO4/c1-9-8-10(5-6-12(9)16)13(17)15-7-3-4-11(15)14(18)19-2/h5-6,8,11,16H,3-4,7H2,1-2H3. The maximum Gasteiger partial charge on any atom is 0.328 e. The van der Waals surface area contributed by atoms with Gasteiger partial charge >= 0.3 is 5.97 Å². The smallest absolute Gasteiger partial charge is 0.328 e. The number of phenols is 1. The number of esters is 1. The summed E-state index contributed by atoms with van der Waals surface area (Å²) in [4.78, 5) is 25.5. The Kier molecular flexibility index (Phi) is 3.74. The van der Waals surface area contributed by atoms with E-state index in [0.29, 0.717) is 24.1 Å². The van der Waals surface area contributed by atoms with Gasteiger partial charge in [0.1, 0.15) is 11.8 Å². The number of ether oxygens (including phenoxy) is 1. The van der Waals surface area contributed by atoms with Gasteiger partial charge in [0.15, 0.2) is 0 Å². The summed E-state index contributed by atoms with van der Waals surface area (Å²) in [6.45, 7) is 2.28. The predicted octanol–water partition coefficient (Wildman–Crippen LogP) is 1.48. The minimum Gasteiger partial charge on any atom is -0.508 e. The molecule has 0 aliphatic carbocycles. The number of methoxy groups -OCH3 is 1. The summed E-state index contributed by atoms with van der Waals surface area (Å²) in [7, 11) is 1.33. The molecule has 1 aliphatic rings. The summed E-state index contributed by atoms with van der Waals surface area (Å²) in [6, 6.07) is 4.19. The molecule has 0 bridgehead atoms. The number of carbonyl (C=O) groups is 2. The van der Waals surface area contributed by atoms with E-state index in [0.717, 1.165) is 6.42 Å². The molecule has 0 radical (unpaired) electrons. The Labute approximate surface area is 111 Å². The maximum absolute atomic E-state index is 12.4. The van der Waals surface area contributed by atoms with Gasteiger partial charge in [-0.2, -0.15) is 0 Å². The molecule has 1 amide bonds. The van der Waals surface area contributed by atoms with Crippen LogP contribution in [0.4, 0.5) is 0 Å².